The highest BCUT2D eigenvalue weighted by Crippen LogP contribution is 2.31. The smallest absolute Gasteiger partial charge is 0.338 e. The van der Waals surface area contributed by atoms with Crippen LogP contribution in [0.3, 0.4) is 0 Å². The van der Waals surface area contributed by atoms with Gasteiger partial charge in [0.25, 0.3) is 5.56 Å². The van der Waals surface area contributed by atoms with E-state index in [1.54, 1.807) is 61.5 Å². The molecule has 36 heavy (non-hydrogen) atoms. The van der Waals surface area contributed by atoms with Crippen molar-refractivity contribution in [2.75, 3.05) is 7.11 Å². The van der Waals surface area contributed by atoms with Crippen molar-refractivity contribution in [2.45, 2.75) is 26.8 Å². The summed E-state index contributed by atoms with van der Waals surface area (Å²) in [4.78, 5) is 53.7. The first-order valence-corrected chi connectivity index (χ1v) is 11.7. The quantitative estimate of drug-likeness (QED) is 0.385. The number of hydrogen-bond donors (Lipinski definition) is 0. The largest absolute Gasteiger partial charge is 0.466 e. The summed E-state index contributed by atoms with van der Waals surface area (Å²) in [6.07, 6.45) is 1.71. The highest BCUT2D eigenvalue weighted by atomic mass is 32.1. The summed E-state index contributed by atoms with van der Waals surface area (Å²) in [7, 11) is 1.27. The third kappa shape index (κ3) is 5.03. The van der Waals surface area contributed by atoms with Crippen LogP contribution in [0.4, 0.5) is 0 Å². The van der Waals surface area contributed by atoms with Crippen LogP contribution in [0.2, 0.25) is 0 Å². The second kappa shape index (κ2) is 10.1. The molecule has 0 spiro atoms. The van der Waals surface area contributed by atoms with Crippen LogP contribution >= 0.6 is 11.3 Å². The van der Waals surface area contributed by atoms with Crippen LogP contribution in [0.25, 0.3) is 6.08 Å². The van der Waals surface area contributed by atoms with Crippen molar-refractivity contribution in [3.63, 3.8) is 0 Å². The molecule has 0 saturated carbocycles. The molecular formula is C26H22N2O7S. The lowest BCUT2D eigenvalue weighted by Crippen LogP contribution is -2.39. The summed E-state index contributed by atoms with van der Waals surface area (Å²) in [5.41, 5.74) is 1.70. The third-order valence-corrected chi connectivity index (χ3v) is 6.31. The van der Waals surface area contributed by atoms with Gasteiger partial charge in [0.1, 0.15) is 11.5 Å². The maximum absolute atomic E-state index is 13.6. The third-order valence-electron chi connectivity index (χ3n) is 5.32. The van der Waals surface area contributed by atoms with Gasteiger partial charge in [0, 0.05) is 13.8 Å². The van der Waals surface area contributed by atoms with Crippen LogP contribution in [-0.4, -0.2) is 29.6 Å². The van der Waals surface area contributed by atoms with E-state index in [1.165, 1.54) is 36.9 Å². The van der Waals surface area contributed by atoms with E-state index in [0.29, 0.717) is 32.1 Å². The molecule has 184 valence electrons. The molecule has 0 saturated heterocycles. The first-order valence-electron chi connectivity index (χ1n) is 10.9. The summed E-state index contributed by atoms with van der Waals surface area (Å²) in [6, 6.07) is 12.5. The number of methoxy groups -OCH3 is 1. The van der Waals surface area contributed by atoms with E-state index in [-0.39, 0.29) is 11.1 Å². The van der Waals surface area contributed by atoms with E-state index >= 15 is 0 Å². The van der Waals surface area contributed by atoms with Crippen molar-refractivity contribution in [1.82, 2.24) is 4.57 Å². The van der Waals surface area contributed by atoms with Gasteiger partial charge in [-0.1, -0.05) is 35.6 Å². The number of ether oxygens (including phenoxy) is 3. The number of thiazole rings is 1. The summed E-state index contributed by atoms with van der Waals surface area (Å²) in [6.45, 7) is 4.31. The van der Waals surface area contributed by atoms with E-state index in [9.17, 15) is 19.2 Å². The predicted molar refractivity (Wildman–Crippen MR) is 131 cm³/mol. The minimum atomic E-state index is -0.784. The van der Waals surface area contributed by atoms with E-state index < -0.39 is 23.9 Å². The maximum atomic E-state index is 13.6. The Morgan fingerprint density at radius 1 is 0.944 bits per heavy atom. The highest BCUT2D eigenvalue weighted by molar-refractivity contribution is 7.07. The number of aromatic nitrogens is 1. The van der Waals surface area contributed by atoms with Crippen molar-refractivity contribution in [2.24, 2.45) is 4.99 Å². The van der Waals surface area contributed by atoms with Gasteiger partial charge in [0.05, 0.1) is 29.0 Å². The molecule has 9 nitrogen and oxygen atoms in total. The zero-order chi connectivity index (χ0) is 26.0. The first kappa shape index (κ1) is 24.8. The van der Waals surface area contributed by atoms with Gasteiger partial charge in [-0.15, -0.1) is 0 Å². The second-order valence-electron chi connectivity index (χ2n) is 7.90. The molecule has 2 aromatic carbocycles. The topological polar surface area (TPSA) is 113 Å². The van der Waals surface area contributed by atoms with E-state index in [2.05, 4.69) is 4.99 Å². The fourth-order valence-corrected chi connectivity index (χ4v) is 4.89. The molecule has 0 fully saturated rings. The Hall–Kier alpha value is -4.31. The molecule has 0 amide bonds. The Morgan fingerprint density at radius 2 is 1.50 bits per heavy atom. The Kier molecular flexibility index (Phi) is 6.98. The second-order valence-corrected chi connectivity index (χ2v) is 8.91. The van der Waals surface area contributed by atoms with Crippen LogP contribution in [0.15, 0.2) is 69.6 Å². The molecule has 0 unspecified atom stereocenters. The van der Waals surface area contributed by atoms with Crippen LogP contribution in [-0.2, 0) is 19.1 Å². The molecule has 1 aliphatic heterocycles. The van der Waals surface area contributed by atoms with Gasteiger partial charge in [-0.25, -0.2) is 9.79 Å². The minimum Gasteiger partial charge on any atom is -0.466 e. The molecule has 4 rings (SSSR count). The monoisotopic (exact) mass is 506 g/mol. The van der Waals surface area contributed by atoms with E-state index in [4.69, 9.17) is 14.2 Å². The van der Waals surface area contributed by atoms with Gasteiger partial charge in [-0.05, 0) is 48.4 Å². The fourth-order valence-electron chi connectivity index (χ4n) is 3.84. The van der Waals surface area contributed by atoms with Gasteiger partial charge >= 0.3 is 17.9 Å². The molecule has 0 radical (unpaired) electrons. The number of carbonyl (C=O) groups excluding carboxylic acids is 3. The van der Waals surface area contributed by atoms with Crippen LogP contribution in [0.5, 0.6) is 11.5 Å². The molecule has 3 aromatic rings. The van der Waals surface area contributed by atoms with E-state index in [0.717, 1.165) is 5.56 Å². The molecule has 1 atom stereocenters. The molecular weight excluding hydrogens is 484 g/mol. The summed E-state index contributed by atoms with van der Waals surface area (Å²) >= 11 is 1.19. The van der Waals surface area contributed by atoms with Crippen molar-refractivity contribution in [3.05, 3.63) is 90.6 Å². The van der Waals surface area contributed by atoms with Crippen molar-refractivity contribution in [3.8, 4) is 11.5 Å². The molecule has 10 heteroatoms. The number of hydrogen-bond acceptors (Lipinski definition) is 9. The van der Waals surface area contributed by atoms with Gasteiger partial charge < -0.3 is 14.2 Å². The van der Waals surface area contributed by atoms with Crippen LogP contribution in [0.1, 0.15) is 37.9 Å². The number of allylic oxidation sites excluding steroid dienone is 1. The Bertz CT molecular complexity index is 1560. The average Bonchev–Trinajstić information content (AvgIpc) is 3.13. The molecule has 0 bridgehead atoms. The number of esters is 3. The van der Waals surface area contributed by atoms with Crippen molar-refractivity contribution < 1.29 is 28.6 Å². The lowest BCUT2D eigenvalue weighted by atomic mass is 9.96. The number of nitrogens with zero attached hydrogens (tertiary/aromatic N) is 2. The minimum absolute atomic E-state index is 0.238. The Balaban J connectivity index is 1.83. The van der Waals surface area contributed by atoms with E-state index in [1.807, 2.05) is 0 Å². The standard InChI is InChI=1S/C26H22N2O7S/c1-14-22(25(32)33-4)23(18-7-11-20(12-8-18)35-16(3)30)28-24(31)21(36-26(28)27-14)13-17-5-9-19(10-6-17)34-15(2)29/h5-13,23H,1-4H3/b21-13-/t23-/m1/s1. The number of fused-ring (bicyclic) bond motifs is 1. The normalized spacial score (nSPS) is 15.1. The Morgan fingerprint density at radius 3 is 2.03 bits per heavy atom. The van der Waals surface area contributed by atoms with Crippen molar-refractivity contribution in [1.29, 1.82) is 0 Å². The molecule has 1 aromatic heterocycles. The SMILES string of the molecule is COC(=O)C1=C(C)N=c2s/c(=C\c3ccc(OC(C)=O)cc3)c(=O)n2[C@@H]1c1ccc(OC(C)=O)cc1. The summed E-state index contributed by atoms with van der Waals surface area (Å²) in [5, 5.41) is 0. The average molecular weight is 507 g/mol. The lowest BCUT2D eigenvalue weighted by molar-refractivity contribution is -0.136. The highest BCUT2D eigenvalue weighted by Gasteiger charge is 2.33. The van der Waals surface area contributed by atoms with Crippen LogP contribution < -0.4 is 24.4 Å². The molecule has 2 heterocycles. The predicted octanol–water partition coefficient (Wildman–Crippen LogP) is 2.26. The number of benzene rings is 2. The number of carbonyl (C=O) groups is 3. The molecule has 0 N–H and O–H groups in total. The zero-order valence-electron chi connectivity index (χ0n) is 19.9. The van der Waals surface area contributed by atoms with Crippen molar-refractivity contribution >= 4 is 35.3 Å². The number of rotatable bonds is 5. The van der Waals surface area contributed by atoms with Crippen LogP contribution in [0, 0.1) is 0 Å². The van der Waals surface area contributed by atoms with Gasteiger partial charge in [0.15, 0.2) is 4.80 Å². The first-order chi connectivity index (χ1) is 17.2. The molecule has 1 aliphatic rings. The summed E-state index contributed by atoms with van der Waals surface area (Å²) in [5.74, 6) is -0.732. The Labute approximate surface area is 209 Å². The van der Waals surface area contributed by atoms with Gasteiger partial charge in [-0.3, -0.25) is 19.0 Å². The molecule has 0 aliphatic carbocycles. The maximum Gasteiger partial charge on any atom is 0.338 e. The van der Waals surface area contributed by atoms with Gasteiger partial charge in [-0.2, -0.15) is 0 Å². The summed E-state index contributed by atoms with van der Waals surface area (Å²) < 4.78 is 17.0. The zero-order valence-corrected chi connectivity index (χ0v) is 20.8. The fraction of sp³-hybridized carbons (Fsp3) is 0.192. The van der Waals surface area contributed by atoms with Gasteiger partial charge in [0.2, 0.25) is 0 Å². The lowest BCUT2D eigenvalue weighted by Gasteiger charge is -2.24.